The Kier molecular flexibility index (Phi) is 7.03. The van der Waals surface area contributed by atoms with Crippen molar-refractivity contribution in [1.29, 1.82) is 0 Å². The van der Waals surface area contributed by atoms with E-state index in [9.17, 15) is 23.9 Å². The summed E-state index contributed by atoms with van der Waals surface area (Å²) in [5, 5.41) is 16.1. The number of benzene rings is 2. The van der Waals surface area contributed by atoms with Crippen LogP contribution in [0.15, 0.2) is 60.3 Å². The lowest BCUT2D eigenvalue weighted by Crippen LogP contribution is -2.52. The van der Waals surface area contributed by atoms with Crippen LogP contribution >= 0.6 is 0 Å². The minimum Gasteiger partial charge on any atom is -0.548 e. The molecule has 7 heteroatoms. The average molecular weight is 383 g/mol. The summed E-state index contributed by atoms with van der Waals surface area (Å²) >= 11 is 0. The summed E-state index contributed by atoms with van der Waals surface area (Å²) < 4.78 is 13.1. The van der Waals surface area contributed by atoms with E-state index >= 15 is 0 Å². The number of hydrogen-bond acceptors (Lipinski definition) is 4. The molecular weight excluding hydrogens is 363 g/mol. The molecule has 2 aromatic carbocycles. The van der Waals surface area contributed by atoms with E-state index in [4.69, 9.17) is 0 Å². The molecular formula is C21H20FN2O4-. The second-order valence-electron chi connectivity index (χ2n) is 6.44. The third kappa shape index (κ3) is 5.77. The second-order valence-corrected chi connectivity index (χ2v) is 6.44. The molecule has 0 saturated heterocycles. The van der Waals surface area contributed by atoms with Gasteiger partial charge in [-0.05, 0) is 41.8 Å². The minimum atomic E-state index is -1.43. The first kappa shape index (κ1) is 20.8. The van der Waals surface area contributed by atoms with Crippen LogP contribution < -0.4 is 15.7 Å². The highest BCUT2D eigenvalue weighted by Gasteiger charge is 2.21. The topological polar surface area (TPSA) is 98.3 Å². The van der Waals surface area contributed by atoms with Gasteiger partial charge >= 0.3 is 0 Å². The number of carboxylic acids is 1. The highest BCUT2D eigenvalue weighted by Crippen LogP contribution is 2.10. The molecule has 2 rings (SSSR count). The highest BCUT2D eigenvalue weighted by atomic mass is 19.1. The van der Waals surface area contributed by atoms with Crippen LogP contribution in [0.5, 0.6) is 0 Å². The lowest BCUT2D eigenvalue weighted by Gasteiger charge is -2.24. The Morgan fingerprint density at radius 3 is 2.14 bits per heavy atom. The summed E-state index contributed by atoms with van der Waals surface area (Å²) in [6.07, 6.45) is 1.34. The highest BCUT2D eigenvalue weighted by molar-refractivity contribution is 6.06. The fraction of sp³-hybridized carbons (Fsp3) is 0.190. The van der Waals surface area contributed by atoms with Gasteiger partial charge in [0.1, 0.15) is 11.5 Å². The Labute approximate surface area is 162 Å². The third-order valence-electron chi connectivity index (χ3n) is 3.92. The summed E-state index contributed by atoms with van der Waals surface area (Å²) in [4.78, 5) is 36.3. The van der Waals surface area contributed by atoms with E-state index in [0.717, 1.165) is 0 Å². The maximum atomic E-state index is 13.1. The Bertz CT molecular complexity index is 877. The Morgan fingerprint density at radius 2 is 1.61 bits per heavy atom. The van der Waals surface area contributed by atoms with Crippen molar-refractivity contribution in [1.82, 2.24) is 10.6 Å². The van der Waals surface area contributed by atoms with Crippen molar-refractivity contribution in [2.24, 2.45) is 5.92 Å². The van der Waals surface area contributed by atoms with E-state index in [-0.39, 0.29) is 5.70 Å². The number of aliphatic carboxylic acids is 1. The van der Waals surface area contributed by atoms with Gasteiger partial charge in [-0.3, -0.25) is 9.59 Å². The predicted octanol–water partition coefficient (Wildman–Crippen LogP) is 1.49. The van der Waals surface area contributed by atoms with Crippen molar-refractivity contribution in [3.8, 4) is 0 Å². The molecule has 0 radical (unpaired) electrons. The number of carboxylic acid groups (broad SMARTS) is 1. The van der Waals surface area contributed by atoms with E-state index in [0.29, 0.717) is 11.1 Å². The van der Waals surface area contributed by atoms with Gasteiger partial charge in [-0.25, -0.2) is 4.39 Å². The molecule has 146 valence electrons. The van der Waals surface area contributed by atoms with Gasteiger partial charge in [-0.1, -0.05) is 44.2 Å². The molecule has 0 saturated carbocycles. The summed E-state index contributed by atoms with van der Waals surface area (Å²) in [6.45, 7) is 3.24. The molecule has 0 spiro atoms. The molecule has 2 aromatic rings. The Balaban J connectivity index is 2.32. The van der Waals surface area contributed by atoms with Crippen LogP contribution in [0.1, 0.15) is 29.8 Å². The first-order valence-corrected chi connectivity index (χ1v) is 8.63. The molecule has 0 aliphatic rings. The summed E-state index contributed by atoms with van der Waals surface area (Å²) in [5.74, 6) is -3.65. The van der Waals surface area contributed by atoms with E-state index in [1.54, 1.807) is 44.2 Å². The van der Waals surface area contributed by atoms with Crippen LogP contribution in [-0.2, 0) is 9.59 Å². The van der Waals surface area contributed by atoms with Crippen LogP contribution in [-0.4, -0.2) is 23.8 Å². The fourth-order valence-electron chi connectivity index (χ4n) is 2.38. The van der Waals surface area contributed by atoms with Crippen molar-refractivity contribution in [2.45, 2.75) is 19.9 Å². The molecule has 0 aliphatic carbocycles. The number of carbonyl (C=O) groups excluding carboxylic acids is 3. The molecule has 0 bridgehead atoms. The fourth-order valence-corrected chi connectivity index (χ4v) is 2.38. The largest absolute Gasteiger partial charge is 0.548 e. The number of hydrogen-bond donors (Lipinski definition) is 2. The SMILES string of the molecule is CC(C)[C@H](NC(=O)/C(=C\c1ccc(F)cc1)NC(=O)c1ccccc1)C(=O)[O-]. The number of amides is 2. The molecule has 2 amide bonds. The van der Waals surface area contributed by atoms with E-state index in [2.05, 4.69) is 10.6 Å². The number of nitrogens with one attached hydrogen (secondary N) is 2. The lowest BCUT2D eigenvalue weighted by atomic mass is 10.0. The van der Waals surface area contributed by atoms with Crippen molar-refractivity contribution in [3.05, 3.63) is 77.2 Å². The molecule has 2 N–H and O–H groups in total. The minimum absolute atomic E-state index is 0.174. The van der Waals surface area contributed by atoms with E-state index in [1.807, 2.05) is 0 Å². The maximum absolute atomic E-state index is 13.1. The van der Waals surface area contributed by atoms with Gasteiger partial charge in [0.15, 0.2) is 0 Å². The van der Waals surface area contributed by atoms with E-state index < -0.39 is 35.6 Å². The van der Waals surface area contributed by atoms with Crippen LogP contribution in [0.3, 0.4) is 0 Å². The molecule has 0 unspecified atom stereocenters. The van der Waals surface area contributed by atoms with Gasteiger partial charge in [0.2, 0.25) is 0 Å². The first-order valence-electron chi connectivity index (χ1n) is 8.63. The zero-order valence-electron chi connectivity index (χ0n) is 15.4. The first-order chi connectivity index (χ1) is 13.3. The molecule has 0 aliphatic heterocycles. The number of halogens is 1. The van der Waals surface area contributed by atoms with Crippen LogP contribution in [0.2, 0.25) is 0 Å². The second kappa shape index (κ2) is 9.45. The van der Waals surface area contributed by atoms with Gasteiger partial charge in [0.25, 0.3) is 11.8 Å². The van der Waals surface area contributed by atoms with Gasteiger partial charge < -0.3 is 20.5 Å². The average Bonchev–Trinajstić information content (AvgIpc) is 2.67. The summed E-state index contributed by atoms with van der Waals surface area (Å²) in [7, 11) is 0. The monoisotopic (exact) mass is 383 g/mol. The third-order valence-corrected chi connectivity index (χ3v) is 3.92. The zero-order valence-corrected chi connectivity index (χ0v) is 15.4. The lowest BCUT2D eigenvalue weighted by molar-refractivity contribution is -0.309. The molecule has 6 nitrogen and oxygen atoms in total. The molecule has 0 aromatic heterocycles. The number of rotatable bonds is 7. The molecule has 0 heterocycles. The van der Waals surface area contributed by atoms with E-state index in [1.165, 1.54) is 30.3 Å². The molecule has 28 heavy (non-hydrogen) atoms. The van der Waals surface area contributed by atoms with Crippen molar-refractivity contribution in [2.75, 3.05) is 0 Å². The smallest absolute Gasteiger partial charge is 0.268 e. The van der Waals surface area contributed by atoms with Crippen LogP contribution in [0.4, 0.5) is 4.39 Å². The standard InChI is InChI=1S/C21H21FN2O4/c1-13(2)18(21(27)28)24-20(26)17(12-14-8-10-16(22)11-9-14)23-19(25)15-6-4-3-5-7-15/h3-13,18H,1-2H3,(H,23,25)(H,24,26)(H,27,28)/p-1/b17-12+/t18-/m0/s1. The zero-order chi connectivity index (χ0) is 20.7. The van der Waals surface area contributed by atoms with Crippen molar-refractivity contribution < 1.29 is 23.9 Å². The predicted molar refractivity (Wildman–Crippen MR) is 100 cm³/mol. The summed E-state index contributed by atoms with van der Waals surface area (Å²) in [5.41, 5.74) is 0.599. The Morgan fingerprint density at radius 1 is 1.00 bits per heavy atom. The van der Waals surface area contributed by atoms with Crippen LogP contribution in [0.25, 0.3) is 6.08 Å². The van der Waals surface area contributed by atoms with Crippen molar-refractivity contribution in [3.63, 3.8) is 0 Å². The quantitative estimate of drug-likeness (QED) is 0.708. The van der Waals surface area contributed by atoms with Gasteiger partial charge in [0, 0.05) is 5.56 Å². The number of carbonyl (C=O) groups is 3. The van der Waals surface area contributed by atoms with Gasteiger partial charge in [-0.15, -0.1) is 0 Å². The van der Waals surface area contributed by atoms with Crippen LogP contribution in [0, 0.1) is 11.7 Å². The van der Waals surface area contributed by atoms with Gasteiger partial charge in [-0.2, -0.15) is 0 Å². The normalized spacial score (nSPS) is 12.4. The van der Waals surface area contributed by atoms with Gasteiger partial charge in [0.05, 0.1) is 12.0 Å². The molecule has 0 fully saturated rings. The van der Waals surface area contributed by atoms with Crippen molar-refractivity contribution >= 4 is 23.9 Å². The Hall–Kier alpha value is -3.48. The summed E-state index contributed by atoms with van der Waals surface area (Å²) in [6, 6.07) is 12.3. The molecule has 1 atom stereocenters. The maximum Gasteiger partial charge on any atom is 0.268 e.